The van der Waals surface area contributed by atoms with Crippen LogP contribution in [0.5, 0.6) is 5.75 Å². The largest absolute Gasteiger partial charge is 0.488 e. The highest BCUT2D eigenvalue weighted by molar-refractivity contribution is 7.99. The lowest BCUT2D eigenvalue weighted by molar-refractivity contribution is -0.140. The van der Waals surface area contributed by atoms with Crippen molar-refractivity contribution in [3.63, 3.8) is 0 Å². The summed E-state index contributed by atoms with van der Waals surface area (Å²) >= 11 is 1.14. The molecular weight excluding hydrogens is 479 g/mol. The van der Waals surface area contributed by atoms with Crippen LogP contribution in [0.4, 0.5) is 13.2 Å². The van der Waals surface area contributed by atoms with Gasteiger partial charge in [-0.2, -0.15) is 13.2 Å². The van der Waals surface area contributed by atoms with Crippen LogP contribution in [0, 0.1) is 0 Å². The van der Waals surface area contributed by atoms with Gasteiger partial charge in [0.25, 0.3) is 5.56 Å². The summed E-state index contributed by atoms with van der Waals surface area (Å²) in [6.07, 6.45) is -4.55. The lowest BCUT2D eigenvalue weighted by atomic mass is 9.99. The first-order valence-electron chi connectivity index (χ1n) is 10.7. The molecule has 9 heteroatoms. The summed E-state index contributed by atoms with van der Waals surface area (Å²) in [5.74, 6) is -0.507. The van der Waals surface area contributed by atoms with E-state index < -0.39 is 29.3 Å². The molecule has 0 radical (unpaired) electrons. The molecule has 1 N–H and O–H groups in total. The van der Waals surface area contributed by atoms with E-state index in [0.717, 1.165) is 39.2 Å². The molecule has 35 heavy (non-hydrogen) atoms. The maximum absolute atomic E-state index is 13.4. The number of carboxylic acid groups (broad SMARTS) is 1. The van der Waals surface area contributed by atoms with Crippen LogP contribution in [-0.4, -0.2) is 21.4 Å². The Morgan fingerprint density at radius 3 is 2.57 bits per heavy atom. The smallest absolute Gasteiger partial charge is 0.416 e. The number of nitrogens with zero attached hydrogens (tertiary/aromatic N) is 1. The van der Waals surface area contributed by atoms with Crippen molar-refractivity contribution in [1.82, 2.24) is 4.57 Å². The van der Waals surface area contributed by atoms with E-state index in [9.17, 15) is 27.9 Å². The van der Waals surface area contributed by atoms with Gasteiger partial charge in [-0.1, -0.05) is 48.5 Å². The molecule has 2 heterocycles. The lowest BCUT2D eigenvalue weighted by Gasteiger charge is -2.18. The van der Waals surface area contributed by atoms with Gasteiger partial charge in [0.05, 0.1) is 10.6 Å². The Bertz CT molecular complexity index is 1510. The van der Waals surface area contributed by atoms with Crippen LogP contribution < -0.4 is 10.3 Å². The number of thioether (sulfide) groups is 1. The molecule has 5 rings (SSSR count). The molecule has 1 aromatic heterocycles. The second kappa shape index (κ2) is 8.81. The number of rotatable bonds is 5. The Morgan fingerprint density at radius 1 is 1.06 bits per heavy atom. The van der Waals surface area contributed by atoms with Crippen LogP contribution in [0.2, 0.25) is 0 Å². The predicted octanol–water partition coefficient (Wildman–Crippen LogP) is 6.00. The Kier molecular flexibility index (Phi) is 5.80. The van der Waals surface area contributed by atoms with Crippen molar-refractivity contribution in [2.75, 3.05) is 5.75 Å². The number of fused-ring (bicyclic) bond motifs is 2. The van der Waals surface area contributed by atoms with E-state index in [1.807, 2.05) is 36.4 Å². The molecule has 178 valence electrons. The quantitative estimate of drug-likeness (QED) is 0.367. The topological polar surface area (TPSA) is 68.5 Å². The zero-order valence-corrected chi connectivity index (χ0v) is 18.9. The van der Waals surface area contributed by atoms with Gasteiger partial charge in [-0.25, -0.2) is 4.79 Å². The van der Waals surface area contributed by atoms with Crippen molar-refractivity contribution in [2.45, 2.75) is 23.9 Å². The van der Waals surface area contributed by atoms with Crippen molar-refractivity contribution in [3.05, 3.63) is 94.3 Å². The van der Waals surface area contributed by atoms with E-state index in [4.69, 9.17) is 4.74 Å². The summed E-state index contributed by atoms with van der Waals surface area (Å²) in [5.41, 5.74) is -0.390. The van der Waals surface area contributed by atoms with Crippen molar-refractivity contribution < 1.29 is 27.8 Å². The minimum absolute atomic E-state index is 0.0824. The number of hydrogen-bond acceptors (Lipinski definition) is 4. The number of ether oxygens (including phenoxy) is 1. The SMILES string of the molecule is O=C(O)[C@@H]1CSc2c(-c3cccc(C(F)(F)F)c3)c(COc3cccc4ccccc34)cc(=O)n21. The number of alkyl halides is 3. The van der Waals surface area contributed by atoms with Crippen LogP contribution in [-0.2, 0) is 17.6 Å². The number of carbonyl (C=O) groups is 1. The minimum atomic E-state index is -4.55. The Labute approximate surface area is 201 Å². The molecular formula is C26H18F3NO4S. The summed E-state index contributed by atoms with van der Waals surface area (Å²) in [4.78, 5) is 24.7. The summed E-state index contributed by atoms with van der Waals surface area (Å²) in [5, 5.41) is 11.7. The molecule has 4 aromatic rings. The number of aliphatic carboxylic acids is 1. The standard InChI is InChI=1S/C26H18F3NO4S/c27-26(28,29)18-8-3-7-16(11-18)23-17(12-22(31)30-20(25(32)33)14-35-24(23)30)13-34-21-10-4-6-15-5-1-2-9-19(15)21/h1-12,20H,13-14H2,(H,32,33)/t20-/m0/s1. The third kappa shape index (κ3) is 4.27. The zero-order chi connectivity index (χ0) is 24.7. The molecule has 0 unspecified atom stereocenters. The van der Waals surface area contributed by atoms with E-state index in [1.165, 1.54) is 18.2 Å². The first-order chi connectivity index (χ1) is 16.7. The monoisotopic (exact) mass is 497 g/mol. The van der Waals surface area contributed by atoms with Gasteiger partial charge in [-0.05, 0) is 29.1 Å². The van der Waals surface area contributed by atoms with Crippen LogP contribution >= 0.6 is 11.8 Å². The summed E-state index contributed by atoms with van der Waals surface area (Å²) in [6, 6.07) is 18.1. The highest BCUT2D eigenvalue weighted by atomic mass is 32.2. The van der Waals surface area contributed by atoms with Crippen molar-refractivity contribution in [2.24, 2.45) is 0 Å². The number of carboxylic acids is 1. The fourth-order valence-electron chi connectivity index (χ4n) is 4.25. The molecule has 3 aromatic carbocycles. The average molecular weight is 497 g/mol. The maximum Gasteiger partial charge on any atom is 0.416 e. The molecule has 1 aliphatic rings. The first-order valence-corrected chi connectivity index (χ1v) is 11.6. The highest BCUT2D eigenvalue weighted by Gasteiger charge is 2.35. The van der Waals surface area contributed by atoms with Gasteiger partial charge in [-0.3, -0.25) is 9.36 Å². The van der Waals surface area contributed by atoms with E-state index >= 15 is 0 Å². The van der Waals surface area contributed by atoms with Crippen molar-refractivity contribution in [1.29, 1.82) is 0 Å². The molecule has 1 atom stereocenters. The molecule has 0 bridgehead atoms. The van der Waals surface area contributed by atoms with Crippen molar-refractivity contribution in [3.8, 4) is 16.9 Å². The molecule has 0 saturated carbocycles. The molecule has 0 saturated heterocycles. The molecule has 0 aliphatic carbocycles. The average Bonchev–Trinajstić information content (AvgIpc) is 3.28. The van der Waals surface area contributed by atoms with Gasteiger partial charge in [0.1, 0.15) is 18.4 Å². The summed E-state index contributed by atoms with van der Waals surface area (Å²) < 4.78 is 47.5. The van der Waals surface area contributed by atoms with E-state index in [1.54, 1.807) is 6.07 Å². The molecule has 0 amide bonds. The summed E-state index contributed by atoms with van der Waals surface area (Å²) in [7, 11) is 0. The third-order valence-electron chi connectivity index (χ3n) is 5.87. The number of pyridine rings is 1. The summed E-state index contributed by atoms with van der Waals surface area (Å²) in [6.45, 7) is -0.0824. The molecule has 1 aliphatic heterocycles. The fourth-order valence-corrected chi connectivity index (χ4v) is 5.61. The second-order valence-corrected chi connectivity index (χ2v) is 9.08. The van der Waals surface area contributed by atoms with Gasteiger partial charge >= 0.3 is 12.1 Å². The fraction of sp³-hybridized carbons (Fsp3) is 0.154. The third-order valence-corrected chi connectivity index (χ3v) is 7.03. The van der Waals surface area contributed by atoms with Crippen LogP contribution in [0.3, 0.4) is 0 Å². The number of halogens is 3. The van der Waals surface area contributed by atoms with E-state index in [0.29, 0.717) is 21.9 Å². The Hall–Kier alpha value is -3.72. The van der Waals surface area contributed by atoms with Gasteiger partial charge in [0.15, 0.2) is 0 Å². The Balaban J connectivity index is 1.65. The lowest BCUT2D eigenvalue weighted by Crippen LogP contribution is -2.29. The second-order valence-electron chi connectivity index (χ2n) is 8.07. The molecule has 0 spiro atoms. The zero-order valence-electron chi connectivity index (χ0n) is 18.1. The van der Waals surface area contributed by atoms with Crippen LogP contribution in [0.25, 0.3) is 21.9 Å². The number of benzene rings is 3. The van der Waals surface area contributed by atoms with Gasteiger partial charge in [-0.15, -0.1) is 11.8 Å². The van der Waals surface area contributed by atoms with Gasteiger partial charge in [0, 0.05) is 28.3 Å². The normalized spacial score (nSPS) is 15.2. The van der Waals surface area contributed by atoms with Crippen LogP contribution in [0.1, 0.15) is 17.2 Å². The van der Waals surface area contributed by atoms with E-state index in [2.05, 4.69) is 0 Å². The first kappa shape index (κ1) is 23.0. The van der Waals surface area contributed by atoms with E-state index in [-0.39, 0.29) is 17.9 Å². The molecule has 0 fully saturated rings. The predicted molar refractivity (Wildman–Crippen MR) is 127 cm³/mol. The maximum atomic E-state index is 13.4. The van der Waals surface area contributed by atoms with Gasteiger partial charge < -0.3 is 9.84 Å². The minimum Gasteiger partial charge on any atom is -0.488 e. The van der Waals surface area contributed by atoms with Crippen molar-refractivity contribution >= 4 is 28.5 Å². The van der Waals surface area contributed by atoms with Gasteiger partial charge in [0.2, 0.25) is 0 Å². The number of hydrogen-bond donors (Lipinski definition) is 1. The van der Waals surface area contributed by atoms with Crippen LogP contribution in [0.15, 0.2) is 82.6 Å². The number of aromatic nitrogens is 1. The molecule has 5 nitrogen and oxygen atoms in total. The Morgan fingerprint density at radius 2 is 1.80 bits per heavy atom. The highest BCUT2D eigenvalue weighted by Crippen LogP contribution is 2.42.